The highest BCUT2D eigenvalue weighted by molar-refractivity contribution is 7.92. The molecule has 1 N–H and O–H groups in total. The fourth-order valence-electron chi connectivity index (χ4n) is 3.51. The zero-order valence-corrected chi connectivity index (χ0v) is 16.1. The maximum Gasteiger partial charge on any atom is 0.240 e. The molecule has 1 aliphatic rings. The van der Waals surface area contributed by atoms with Crippen molar-refractivity contribution in [2.24, 2.45) is 5.92 Å². The minimum absolute atomic E-state index is 0.173. The molecule has 0 unspecified atom stereocenters. The summed E-state index contributed by atoms with van der Waals surface area (Å²) in [7, 11) is -3.51. The Morgan fingerprint density at radius 3 is 2.52 bits per heavy atom. The standard InChI is InChI=1S/C19H30N2O3S/c1-16-9-6-7-13-18(16)21(25(2,23)24)15-19(22)20-14-8-12-17-10-4-3-5-11-17/h6-7,9,13,17H,3-5,8,10-12,14-15H2,1-2H3,(H,20,22). The van der Waals surface area contributed by atoms with Gasteiger partial charge >= 0.3 is 0 Å². The molecule has 25 heavy (non-hydrogen) atoms. The number of hydrogen-bond donors (Lipinski definition) is 1. The summed E-state index contributed by atoms with van der Waals surface area (Å²) in [6.45, 7) is 2.28. The third-order valence-electron chi connectivity index (χ3n) is 4.91. The van der Waals surface area contributed by atoms with E-state index in [1.807, 2.05) is 19.1 Å². The summed E-state index contributed by atoms with van der Waals surface area (Å²) in [4.78, 5) is 12.2. The van der Waals surface area contributed by atoms with Crippen LogP contribution < -0.4 is 9.62 Å². The average molecular weight is 367 g/mol. The van der Waals surface area contributed by atoms with Crippen molar-refractivity contribution in [2.75, 3.05) is 23.7 Å². The molecule has 0 atom stereocenters. The number of hydrogen-bond acceptors (Lipinski definition) is 3. The highest BCUT2D eigenvalue weighted by atomic mass is 32.2. The summed E-state index contributed by atoms with van der Waals surface area (Å²) in [6.07, 6.45) is 9.87. The average Bonchev–Trinajstić information content (AvgIpc) is 2.57. The number of anilines is 1. The Bertz CT molecular complexity index is 667. The second-order valence-electron chi connectivity index (χ2n) is 7.05. The topological polar surface area (TPSA) is 66.5 Å². The molecule has 5 nitrogen and oxygen atoms in total. The van der Waals surface area contributed by atoms with Crippen LogP contribution in [0.4, 0.5) is 5.69 Å². The van der Waals surface area contributed by atoms with Gasteiger partial charge in [-0.05, 0) is 37.3 Å². The van der Waals surface area contributed by atoms with E-state index < -0.39 is 10.0 Å². The predicted octanol–water partition coefficient (Wildman–Crippen LogP) is 3.24. The third kappa shape index (κ3) is 6.34. The summed E-state index contributed by atoms with van der Waals surface area (Å²) < 4.78 is 25.4. The Kier molecular flexibility index (Phi) is 7.29. The number of nitrogens with zero attached hydrogens (tertiary/aromatic N) is 1. The molecule has 1 aromatic rings. The van der Waals surface area contributed by atoms with Crippen molar-refractivity contribution in [1.82, 2.24) is 5.32 Å². The molecule has 1 fully saturated rings. The Balaban J connectivity index is 1.84. The Hall–Kier alpha value is -1.56. The summed E-state index contributed by atoms with van der Waals surface area (Å²) >= 11 is 0. The van der Waals surface area contributed by atoms with E-state index in [0.717, 1.165) is 30.6 Å². The van der Waals surface area contributed by atoms with Gasteiger partial charge in [0.25, 0.3) is 0 Å². The van der Waals surface area contributed by atoms with Crippen molar-refractivity contribution in [3.8, 4) is 0 Å². The fraction of sp³-hybridized carbons (Fsp3) is 0.632. The van der Waals surface area contributed by atoms with Crippen LogP contribution in [-0.2, 0) is 14.8 Å². The molecular formula is C19H30N2O3S. The second-order valence-corrected chi connectivity index (χ2v) is 8.96. The normalized spacial score (nSPS) is 15.8. The van der Waals surface area contributed by atoms with Gasteiger partial charge in [0, 0.05) is 6.54 Å². The lowest BCUT2D eigenvalue weighted by Gasteiger charge is -2.24. The summed E-state index contributed by atoms with van der Waals surface area (Å²) in [5.74, 6) is 0.544. The SMILES string of the molecule is Cc1ccccc1N(CC(=O)NCCCC1CCCCC1)S(C)(=O)=O. The van der Waals surface area contributed by atoms with Crippen LogP contribution in [0.1, 0.15) is 50.5 Å². The van der Waals surface area contributed by atoms with Gasteiger partial charge in [-0.25, -0.2) is 8.42 Å². The van der Waals surface area contributed by atoms with Crippen molar-refractivity contribution >= 4 is 21.6 Å². The zero-order valence-electron chi connectivity index (χ0n) is 15.3. The minimum atomic E-state index is -3.51. The molecule has 0 aliphatic heterocycles. The number of benzene rings is 1. The van der Waals surface area contributed by atoms with Crippen LogP contribution in [0.5, 0.6) is 0 Å². The van der Waals surface area contributed by atoms with Gasteiger partial charge in [0.05, 0.1) is 11.9 Å². The molecule has 140 valence electrons. The van der Waals surface area contributed by atoms with Gasteiger partial charge in [-0.3, -0.25) is 9.10 Å². The van der Waals surface area contributed by atoms with E-state index in [9.17, 15) is 13.2 Å². The van der Waals surface area contributed by atoms with Gasteiger partial charge in [-0.1, -0.05) is 50.3 Å². The minimum Gasteiger partial charge on any atom is -0.355 e. The lowest BCUT2D eigenvalue weighted by atomic mass is 9.86. The smallest absolute Gasteiger partial charge is 0.240 e. The number of carbonyl (C=O) groups is 1. The van der Waals surface area contributed by atoms with Gasteiger partial charge in [0.15, 0.2) is 0 Å². The summed E-state index contributed by atoms with van der Waals surface area (Å²) in [6, 6.07) is 7.20. The van der Waals surface area contributed by atoms with Crippen molar-refractivity contribution in [1.29, 1.82) is 0 Å². The Morgan fingerprint density at radius 2 is 1.88 bits per heavy atom. The predicted molar refractivity (Wildman–Crippen MR) is 102 cm³/mol. The summed E-state index contributed by atoms with van der Waals surface area (Å²) in [5, 5.41) is 2.87. The molecule has 0 bridgehead atoms. The number of para-hydroxylation sites is 1. The molecule has 0 aromatic heterocycles. The van der Waals surface area contributed by atoms with E-state index in [4.69, 9.17) is 0 Å². The van der Waals surface area contributed by atoms with Crippen LogP contribution in [-0.4, -0.2) is 33.7 Å². The van der Waals surface area contributed by atoms with Crippen molar-refractivity contribution < 1.29 is 13.2 Å². The van der Waals surface area contributed by atoms with Crippen LogP contribution in [0.2, 0.25) is 0 Å². The second kappa shape index (κ2) is 9.22. The van der Waals surface area contributed by atoms with Crippen molar-refractivity contribution in [3.05, 3.63) is 29.8 Å². The third-order valence-corrected chi connectivity index (χ3v) is 6.03. The first-order chi connectivity index (χ1) is 11.9. The van der Waals surface area contributed by atoms with E-state index in [1.165, 1.54) is 36.4 Å². The molecule has 2 rings (SSSR count). The first-order valence-electron chi connectivity index (χ1n) is 9.18. The van der Waals surface area contributed by atoms with Gasteiger partial charge < -0.3 is 5.32 Å². The van der Waals surface area contributed by atoms with Crippen molar-refractivity contribution in [2.45, 2.75) is 51.9 Å². The van der Waals surface area contributed by atoms with Gasteiger partial charge in [-0.15, -0.1) is 0 Å². The van der Waals surface area contributed by atoms with E-state index in [0.29, 0.717) is 12.2 Å². The molecule has 0 heterocycles. The molecule has 0 saturated heterocycles. The number of carbonyl (C=O) groups excluding carboxylic acids is 1. The molecule has 1 saturated carbocycles. The molecule has 0 spiro atoms. The number of aryl methyl sites for hydroxylation is 1. The number of sulfonamides is 1. The van der Waals surface area contributed by atoms with Crippen LogP contribution in [0, 0.1) is 12.8 Å². The Morgan fingerprint density at radius 1 is 1.20 bits per heavy atom. The van der Waals surface area contributed by atoms with E-state index >= 15 is 0 Å². The maximum atomic E-state index is 12.2. The van der Waals surface area contributed by atoms with Crippen LogP contribution in [0.15, 0.2) is 24.3 Å². The van der Waals surface area contributed by atoms with Crippen LogP contribution in [0.3, 0.4) is 0 Å². The molecule has 1 aliphatic carbocycles. The lowest BCUT2D eigenvalue weighted by Crippen LogP contribution is -2.41. The molecular weight excluding hydrogens is 336 g/mol. The fourth-order valence-corrected chi connectivity index (χ4v) is 4.42. The van der Waals surface area contributed by atoms with E-state index in [1.54, 1.807) is 12.1 Å². The van der Waals surface area contributed by atoms with Gasteiger partial charge in [0.1, 0.15) is 6.54 Å². The van der Waals surface area contributed by atoms with Gasteiger partial charge in [0.2, 0.25) is 15.9 Å². The van der Waals surface area contributed by atoms with Crippen molar-refractivity contribution in [3.63, 3.8) is 0 Å². The number of rotatable bonds is 8. The van der Waals surface area contributed by atoms with Crippen LogP contribution >= 0.6 is 0 Å². The van der Waals surface area contributed by atoms with E-state index in [2.05, 4.69) is 5.32 Å². The van der Waals surface area contributed by atoms with E-state index in [-0.39, 0.29) is 12.5 Å². The Labute approximate surface area is 151 Å². The first-order valence-corrected chi connectivity index (χ1v) is 11.0. The molecule has 1 aromatic carbocycles. The van der Waals surface area contributed by atoms with Crippen LogP contribution in [0.25, 0.3) is 0 Å². The maximum absolute atomic E-state index is 12.2. The molecule has 6 heteroatoms. The van der Waals surface area contributed by atoms with Gasteiger partial charge in [-0.2, -0.15) is 0 Å². The first kappa shape index (κ1) is 19.8. The summed E-state index contributed by atoms with van der Waals surface area (Å²) in [5.41, 5.74) is 1.39. The number of nitrogens with one attached hydrogen (secondary N) is 1. The highest BCUT2D eigenvalue weighted by Crippen LogP contribution is 2.27. The lowest BCUT2D eigenvalue weighted by molar-refractivity contribution is -0.119. The molecule has 0 radical (unpaired) electrons. The quantitative estimate of drug-likeness (QED) is 0.718. The zero-order chi connectivity index (χ0) is 18.3. The monoisotopic (exact) mass is 366 g/mol. The number of amides is 1. The highest BCUT2D eigenvalue weighted by Gasteiger charge is 2.22. The molecule has 1 amide bonds. The largest absolute Gasteiger partial charge is 0.355 e.